The first-order chi connectivity index (χ1) is 8.24. The van der Waals surface area contributed by atoms with Crippen molar-refractivity contribution in [3.63, 3.8) is 0 Å². The summed E-state index contributed by atoms with van der Waals surface area (Å²) < 4.78 is 5.69. The number of ether oxygens (including phenoxy) is 1. The van der Waals surface area contributed by atoms with Gasteiger partial charge in [0.25, 0.3) is 0 Å². The normalized spacial score (nSPS) is 21.8. The highest BCUT2D eigenvalue weighted by Crippen LogP contribution is 2.33. The fraction of sp³-hybridized carbons (Fsp3) is 0.250. The van der Waals surface area contributed by atoms with Gasteiger partial charge in [-0.15, -0.1) is 0 Å². The maximum atomic E-state index is 10.5. The van der Waals surface area contributed by atoms with Crippen molar-refractivity contribution in [2.75, 3.05) is 0 Å². The van der Waals surface area contributed by atoms with Gasteiger partial charge in [-0.25, -0.2) is 0 Å². The van der Waals surface area contributed by atoms with Gasteiger partial charge in [-0.3, -0.25) is 0 Å². The van der Waals surface area contributed by atoms with E-state index in [2.05, 4.69) is 5.32 Å². The van der Waals surface area contributed by atoms with Gasteiger partial charge in [0.15, 0.2) is 0 Å². The van der Waals surface area contributed by atoms with E-state index in [1.165, 1.54) is 12.2 Å². The molecule has 0 atom stereocenters. The fourth-order valence-corrected chi connectivity index (χ4v) is 2.11. The van der Waals surface area contributed by atoms with Crippen molar-refractivity contribution >= 4 is 5.71 Å². The summed E-state index contributed by atoms with van der Waals surface area (Å²) in [5.74, 6) is 1.70. The summed E-state index contributed by atoms with van der Waals surface area (Å²) in [5, 5.41) is 24.3. The molecule has 0 unspecified atom stereocenters. The highest BCUT2D eigenvalue weighted by atomic mass is 16.8. The Hall–Kier alpha value is -2.17. The third-order valence-electron chi connectivity index (χ3n) is 3.00. The zero-order valence-electron chi connectivity index (χ0n) is 9.10. The number of nitrogens with one attached hydrogen (secondary N) is 1. The maximum Gasteiger partial charge on any atom is 0.222 e. The van der Waals surface area contributed by atoms with Gasteiger partial charge in [-0.05, 0) is 25.0 Å². The quantitative estimate of drug-likeness (QED) is 0.509. The molecule has 5 nitrogen and oxygen atoms in total. The van der Waals surface area contributed by atoms with Crippen LogP contribution in [0.15, 0.2) is 47.2 Å². The summed E-state index contributed by atoms with van der Waals surface area (Å²) in [6, 6.07) is 0. The molecular formula is C12H11N2O3-. The van der Waals surface area contributed by atoms with Crippen LogP contribution in [0.3, 0.4) is 0 Å². The summed E-state index contributed by atoms with van der Waals surface area (Å²) in [4.78, 5) is -0.407. The predicted octanol–water partition coefficient (Wildman–Crippen LogP) is 1.79. The Labute approximate surface area is 98.2 Å². The fourth-order valence-electron chi connectivity index (χ4n) is 2.11. The lowest BCUT2D eigenvalue weighted by Crippen LogP contribution is -2.11. The Balaban J connectivity index is 1.83. The van der Waals surface area contributed by atoms with Gasteiger partial charge in [0.2, 0.25) is 11.6 Å². The molecule has 1 N–H and O–H groups in total. The molecule has 17 heavy (non-hydrogen) atoms. The number of rotatable bonds is 0. The molecule has 0 aromatic carbocycles. The molecule has 1 aliphatic heterocycles. The van der Waals surface area contributed by atoms with Crippen LogP contribution in [-0.4, -0.2) is 10.6 Å². The molecule has 0 aromatic heterocycles. The molecule has 0 amide bonds. The van der Waals surface area contributed by atoms with E-state index in [9.17, 15) is 10.4 Å². The van der Waals surface area contributed by atoms with E-state index in [1.807, 2.05) is 0 Å². The minimum absolute atomic E-state index is 0.0906. The minimum Gasteiger partial charge on any atom is -0.612 e. The van der Waals surface area contributed by atoms with Crippen molar-refractivity contribution in [1.82, 2.24) is 5.32 Å². The number of hydrogen-bond donors (Lipinski definition) is 1. The zero-order chi connectivity index (χ0) is 11.8. The molecule has 0 radical (unpaired) electrons. The van der Waals surface area contributed by atoms with Crippen LogP contribution in [0.1, 0.15) is 19.3 Å². The first-order valence-electron chi connectivity index (χ1n) is 5.53. The van der Waals surface area contributed by atoms with Crippen LogP contribution in [0, 0.1) is 10.4 Å². The van der Waals surface area contributed by atoms with Crippen molar-refractivity contribution in [3.8, 4) is 0 Å². The molecule has 0 aromatic rings. The highest BCUT2D eigenvalue weighted by molar-refractivity contribution is 6.02. The number of hydrogen-bond acceptors (Lipinski definition) is 4. The Bertz CT molecular complexity index is 484. The average molecular weight is 231 g/mol. The molecule has 5 heteroatoms. The Morgan fingerprint density at radius 2 is 1.88 bits per heavy atom. The van der Waals surface area contributed by atoms with Crippen molar-refractivity contribution in [2.24, 2.45) is 0 Å². The Morgan fingerprint density at radius 1 is 1.12 bits per heavy atom. The van der Waals surface area contributed by atoms with Crippen molar-refractivity contribution in [3.05, 3.63) is 57.6 Å². The van der Waals surface area contributed by atoms with Gasteiger partial charge in [0.1, 0.15) is 5.76 Å². The first-order valence-corrected chi connectivity index (χ1v) is 5.53. The van der Waals surface area contributed by atoms with E-state index < -0.39 is 4.90 Å². The van der Waals surface area contributed by atoms with Crippen LogP contribution < -0.4 is 5.32 Å². The Kier molecular flexibility index (Phi) is 2.18. The standard InChI is InChI=1S/C12H11N2O3/c15-14(16)9-6-4-8(5-7-9)12-13-10-2-1-3-11(10)17-12/h4-7,13H,1-3H2/q-1. The third-order valence-corrected chi connectivity index (χ3v) is 3.00. The minimum atomic E-state index is -0.407. The summed E-state index contributed by atoms with van der Waals surface area (Å²) in [6.07, 6.45) is 9.48. The second-order valence-corrected chi connectivity index (χ2v) is 4.12. The summed E-state index contributed by atoms with van der Waals surface area (Å²) in [6.45, 7) is 0. The molecule has 1 heterocycles. The van der Waals surface area contributed by atoms with Gasteiger partial charge >= 0.3 is 0 Å². The Morgan fingerprint density at radius 3 is 2.53 bits per heavy atom. The lowest BCUT2D eigenvalue weighted by atomic mass is 10.1. The van der Waals surface area contributed by atoms with Gasteiger partial charge in [-0.1, -0.05) is 0 Å². The average Bonchev–Trinajstić information content (AvgIpc) is 2.89. The van der Waals surface area contributed by atoms with Crippen LogP contribution in [0.4, 0.5) is 0 Å². The van der Waals surface area contributed by atoms with Crippen LogP contribution in [-0.2, 0) is 4.74 Å². The van der Waals surface area contributed by atoms with Crippen molar-refractivity contribution in [2.45, 2.75) is 19.3 Å². The molecule has 0 spiro atoms. The summed E-state index contributed by atoms with van der Waals surface area (Å²) in [7, 11) is 0. The molecule has 0 saturated carbocycles. The topological polar surface area (TPSA) is 70.4 Å². The van der Waals surface area contributed by atoms with Gasteiger partial charge in [-0.2, -0.15) is 4.90 Å². The summed E-state index contributed by atoms with van der Waals surface area (Å²) >= 11 is 0. The van der Waals surface area contributed by atoms with E-state index in [0.29, 0.717) is 5.88 Å². The lowest BCUT2D eigenvalue weighted by Gasteiger charge is -2.11. The molecule has 3 rings (SSSR count). The molecule has 0 fully saturated rings. The van der Waals surface area contributed by atoms with E-state index in [4.69, 9.17) is 4.74 Å². The number of nitrogens with zero attached hydrogens (tertiary/aromatic N) is 1. The van der Waals surface area contributed by atoms with E-state index in [0.717, 1.165) is 36.3 Å². The second kappa shape index (κ2) is 3.69. The largest absolute Gasteiger partial charge is 0.612 e. The molecule has 0 bridgehead atoms. The van der Waals surface area contributed by atoms with E-state index in [1.54, 1.807) is 12.2 Å². The lowest BCUT2D eigenvalue weighted by molar-refractivity contribution is -0.377. The molecule has 0 saturated heterocycles. The predicted molar refractivity (Wildman–Crippen MR) is 62.4 cm³/mol. The van der Waals surface area contributed by atoms with Crippen LogP contribution in [0.2, 0.25) is 0 Å². The zero-order valence-corrected chi connectivity index (χ0v) is 9.10. The van der Waals surface area contributed by atoms with Crippen LogP contribution in [0.5, 0.6) is 0 Å². The second-order valence-electron chi connectivity index (χ2n) is 4.12. The van der Waals surface area contributed by atoms with Gasteiger partial charge < -0.3 is 20.5 Å². The van der Waals surface area contributed by atoms with Crippen LogP contribution in [0.25, 0.3) is 0 Å². The van der Waals surface area contributed by atoms with Gasteiger partial charge in [0.05, 0.1) is 5.70 Å². The highest BCUT2D eigenvalue weighted by Gasteiger charge is 2.26. The van der Waals surface area contributed by atoms with Gasteiger partial charge in [0, 0.05) is 24.1 Å². The van der Waals surface area contributed by atoms with Crippen LogP contribution >= 0.6 is 0 Å². The molecule has 3 aliphatic rings. The molecule has 2 aliphatic carbocycles. The number of allylic oxidation sites excluding steroid dienone is 7. The first kappa shape index (κ1) is 10.0. The van der Waals surface area contributed by atoms with Crippen molar-refractivity contribution in [1.29, 1.82) is 0 Å². The molecular weight excluding hydrogens is 220 g/mol. The molecule has 88 valence electrons. The smallest absolute Gasteiger partial charge is 0.222 e. The van der Waals surface area contributed by atoms with E-state index in [-0.39, 0.29) is 5.71 Å². The summed E-state index contributed by atoms with van der Waals surface area (Å²) in [5.41, 5.74) is 2.08. The third kappa shape index (κ3) is 1.69. The maximum absolute atomic E-state index is 10.5. The van der Waals surface area contributed by atoms with Crippen molar-refractivity contribution < 1.29 is 9.64 Å². The SMILES string of the molecule is [O-][N+]([O-])=C1C=CC(=C2NC3=C(CCC3)O2)C=C1. The van der Waals surface area contributed by atoms with E-state index >= 15 is 0 Å². The monoisotopic (exact) mass is 231 g/mol.